The van der Waals surface area contributed by atoms with Gasteiger partial charge in [-0.1, -0.05) is 23.4 Å². The van der Waals surface area contributed by atoms with E-state index in [1.807, 2.05) is 7.05 Å². The first kappa shape index (κ1) is 9.95. The van der Waals surface area contributed by atoms with Gasteiger partial charge in [-0.25, -0.2) is 14.6 Å². The lowest BCUT2D eigenvalue weighted by molar-refractivity contribution is 0.685. The van der Waals surface area contributed by atoms with Crippen molar-refractivity contribution in [1.29, 1.82) is 0 Å². The van der Waals surface area contributed by atoms with Gasteiger partial charge in [-0.2, -0.15) is 5.10 Å². The second kappa shape index (κ2) is 4.29. The molecule has 2 rings (SSSR count). The molecule has 2 aromatic rings. The summed E-state index contributed by atoms with van der Waals surface area (Å²) in [5.74, 6) is 0.830. The van der Waals surface area contributed by atoms with Crippen molar-refractivity contribution in [3.8, 4) is 0 Å². The lowest BCUT2D eigenvalue weighted by Gasteiger charge is -1.96. The van der Waals surface area contributed by atoms with Gasteiger partial charge in [-0.05, 0) is 0 Å². The predicted molar refractivity (Wildman–Crippen MR) is 57.7 cm³/mol. The third kappa shape index (κ3) is 2.26. The molecule has 0 aliphatic heterocycles. The fourth-order valence-corrected chi connectivity index (χ4v) is 2.79. The number of halogens is 1. The molecule has 0 saturated heterocycles. The SMILES string of the molecule is Cn1ncnc1SCc1cnc(Cl)s1. The zero-order valence-corrected chi connectivity index (χ0v) is 9.73. The molecule has 0 bridgehead atoms. The van der Waals surface area contributed by atoms with Crippen LogP contribution in [0.2, 0.25) is 4.47 Å². The van der Waals surface area contributed by atoms with Gasteiger partial charge >= 0.3 is 0 Å². The second-order valence-electron chi connectivity index (χ2n) is 2.53. The van der Waals surface area contributed by atoms with Crippen molar-refractivity contribution >= 4 is 34.7 Å². The van der Waals surface area contributed by atoms with Crippen LogP contribution >= 0.6 is 34.7 Å². The molecule has 4 nitrogen and oxygen atoms in total. The van der Waals surface area contributed by atoms with E-state index in [9.17, 15) is 0 Å². The smallest absolute Gasteiger partial charge is 0.186 e. The summed E-state index contributed by atoms with van der Waals surface area (Å²) in [6.45, 7) is 0. The van der Waals surface area contributed by atoms with Crippen molar-refractivity contribution in [2.75, 3.05) is 0 Å². The van der Waals surface area contributed by atoms with E-state index < -0.39 is 0 Å². The van der Waals surface area contributed by atoms with Gasteiger partial charge in [-0.15, -0.1) is 11.3 Å². The molecule has 2 aromatic heterocycles. The number of aromatic nitrogens is 4. The quantitative estimate of drug-likeness (QED) is 0.779. The first-order valence-corrected chi connectivity index (χ1v) is 6.00. The van der Waals surface area contributed by atoms with Gasteiger partial charge in [0.2, 0.25) is 0 Å². The molecule has 0 N–H and O–H groups in total. The van der Waals surface area contributed by atoms with Gasteiger partial charge < -0.3 is 0 Å². The van der Waals surface area contributed by atoms with E-state index in [0.29, 0.717) is 4.47 Å². The highest BCUT2D eigenvalue weighted by Gasteiger charge is 2.04. The van der Waals surface area contributed by atoms with Crippen LogP contribution < -0.4 is 0 Å². The number of nitrogens with zero attached hydrogens (tertiary/aromatic N) is 4. The van der Waals surface area contributed by atoms with Crippen molar-refractivity contribution in [1.82, 2.24) is 19.7 Å². The van der Waals surface area contributed by atoms with Crippen LogP contribution in [0.1, 0.15) is 4.88 Å². The topological polar surface area (TPSA) is 43.6 Å². The standard InChI is InChI=1S/C7H7ClN4S2/c1-12-7(10-4-11-12)13-3-5-2-9-6(8)14-5/h2,4H,3H2,1H3. The molecule has 7 heteroatoms. The van der Waals surface area contributed by atoms with Crippen molar-refractivity contribution < 1.29 is 0 Å². The van der Waals surface area contributed by atoms with Crippen molar-refractivity contribution in [3.63, 3.8) is 0 Å². The fraction of sp³-hybridized carbons (Fsp3) is 0.286. The average molecular weight is 247 g/mol. The predicted octanol–water partition coefficient (Wildman–Crippen LogP) is 2.22. The molecular weight excluding hydrogens is 240 g/mol. The van der Waals surface area contributed by atoms with Crippen molar-refractivity contribution in [2.24, 2.45) is 7.05 Å². The second-order valence-corrected chi connectivity index (χ2v) is 5.17. The number of thiazole rings is 1. The van der Waals surface area contributed by atoms with Crippen LogP contribution in [-0.2, 0) is 12.8 Å². The van der Waals surface area contributed by atoms with Crippen LogP contribution in [0, 0.1) is 0 Å². The van der Waals surface area contributed by atoms with Crippen LogP contribution in [0.5, 0.6) is 0 Å². The maximum atomic E-state index is 5.72. The zero-order chi connectivity index (χ0) is 9.97. The molecule has 0 atom stereocenters. The maximum absolute atomic E-state index is 5.72. The fourth-order valence-electron chi connectivity index (χ4n) is 0.902. The van der Waals surface area contributed by atoms with E-state index in [4.69, 9.17) is 11.6 Å². The number of aryl methyl sites for hydroxylation is 1. The molecule has 14 heavy (non-hydrogen) atoms. The Hall–Kier alpha value is -0.590. The summed E-state index contributed by atoms with van der Waals surface area (Å²) in [5, 5.41) is 4.88. The summed E-state index contributed by atoms with van der Waals surface area (Å²) in [7, 11) is 1.87. The normalized spacial score (nSPS) is 10.7. The minimum Gasteiger partial charge on any atom is -0.244 e. The molecule has 0 aliphatic rings. The van der Waals surface area contributed by atoms with E-state index in [2.05, 4.69) is 15.1 Å². The van der Waals surface area contributed by atoms with Crippen LogP contribution in [0.15, 0.2) is 17.7 Å². The van der Waals surface area contributed by atoms with E-state index in [-0.39, 0.29) is 0 Å². The summed E-state index contributed by atoms with van der Waals surface area (Å²) < 4.78 is 2.33. The lowest BCUT2D eigenvalue weighted by atomic mass is 10.6. The minimum absolute atomic E-state index is 0.582. The average Bonchev–Trinajstić information content (AvgIpc) is 2.72. The van der Waals surface area contributed by atoms with Crippen LogP contribution in [-0.4, -0.2) is 19.7 Å². The molecule has 0 unspecified atom stereocenters. The third-order valence-electron chi connectivity index (χ3n) is 1.54. The van der Waals surface area contributed by atoms with Gasteiger partial charge in [0.05, 0.1) is 0 Å². The Morgan fingerprint density at radius 2 is 2.43 bits per heavy atom. The summed E-state index contributed by atoms with van der Waals surface area (Å²) in [5.41, 5.74) is 0. The maximum Gasteiger partial charge on any atom is 0.186 e. The molecule has 0 amide bonds. The minimum atomic E-state index is 0.582. The molecule has 0 saturated carbocycles. The third-order valence-corrected chi connectivity index (χ3v) is 3.92. The largest absolute Gasteiger partial charge is 0.244 e. The number of thioether (sulfide) groups is 1. The molecule has 0 radical (unpaired) electrons. The number of rotatable bonds is 3. The Kier molecular flexibility index (Phi) is 3.05. The Bertz CT molecular complexity index is 425. The Morgan fingerprint density at radius 3 is 3.00 bits per heavy atom. The van der Waals surface area contributed by atoms with Crippen molar-refractivity contribution in [3.05, 3.63) is 21.9 Å². The zero-order valence-electron chi connectivity index (χ0n) is 7.35. The van der Waals surface area contributed by atoms with Gasteiger partial charge in [0.1, 0.15) is 6.33 Å². The van der Waals surface area contributed by atoms with Gasteiger partial charge in [-0.3, -0.25) is 0 Å². The molecule has 0 fully saturated rings. The van der Waals surface area contributed by atoms with Crippen LogP contribution in [0.4, 0.5) is 0 Å². The molecule has 74 valence electrons. The monoisotopic (exact) mass is 246 g/mol. The van der Waals surface area contributed by atoms with E-state index in [1.54, 1.807) is 29.0 Å². The molecular formula is C7H7ClN4S2. The first-order valence-electron chi connectivity index (χ1n) is 3.82. The summed E-state index contributed by atoms with van der Waals surface area (Å²) in [4.78, 5) is 9.21. The lowest BCUT2D eigenvalue weighted by Crippen LogP contribution is -1.92. The van der Waals surface area contributed by atoms with Crippen LogP contribution in [0.3, 0.4) is 0 Å². The molecule has 2 heterocycles. The Labute approximate surface area is 94.3 Å². The van der Waals surface area contributed by atoms with Crippen LogP contribution in [0.25, 0.3) is 0 Å². The van der Waals surface area contributed by atoms with Gasteiger partial charge in [0, 0.05) is 23.9 Å². The highest BCUT2D eigenvalue weighted by molar-refractivity contribution is 7.98. The Balaban J connectivity index is 1.98. The summed E-state index contributed by atoms with van der Waals surface area (Å²) >= 11 is 8.83. The van der Waals surface area contributed by atoms with E-state index in [0.717, 1.165) is 15.8 Å². The Morgan fingerprint density at radius 1 is 1.57 bits per heavy atom. The van der Waals surface area contributed by atoms with Gasteiger partial charge in [0.15, 0.2) is 9.62 Å². The first-order chi connectivity index (χ1) is 6.75. The van der Waals surface area contributed by atoms with Crippen molar-refractivity contribution in [2.45, 2.75) is 10.9 Å². The van der Waals surface area contributed by atoms with E-state index in [1.165, 1.54) is 11.3 Å². The molecule has 0 spiro atoms. The van der Waals surface area contributed by atoms with E-state index >= 15 is 0 Å². The summed E-state index contributed by atoms with van der Waals surface area (Å²) in [6.07, 6.45) is 3.33. The molecule has 0 aliphatic carbocycles. The highest BCUT2D eigenvalue weighted by atomic mass is 35.5. The number of hydrogen-bond donors (Lipinski definition) is 0. The molecule has 0 aromatic carbocycles. The number of hydrogen-bond acceptors (Lipinski definition) is 5. The van der Waals surface area contributed by atoms with Gasteiger partial charge in [0.25, 0.3) is 0 Å². The summed E-state index contributed by atoms with van der Waals surface area (Å²) in [6, 6.07) is 0. The highest BCUT2D eigenvalue weighted by Crippen LogP contribution is 2.25.